The number of ether oxygens (including phenoxy) is 2. The van der Waals surface area contributed by atoms with Crippen LogP contribution in [0.1, 0.15) is 48.7 Å². The zero-order valence-corrected chi connectivity index (χ0v) is 12.5. The molecule has 0 bridgehead atoms. The van der Waals surface area contributed by atoms with Crippen molar-refractivity contribution in [2.24, 2.45) is 0 Å². The van der Waals surface area contributed by atoms with Gasteiger partial charge in [0.15, 0.2) is 0 Å². The molecule has 2 atom stereocenters. The van der Waals surface area contributed by atoms with Crippen molar-refractivity contribution in [3.05, 3.63) is 23.7 Å². The van der Waals surface area contributed by atoms with Gasteiger partial charge in [0.2, 0.25) is 0 Å². The molecule has 0 aromatic carbocycles. The first kappa shape index (κ1) is 14.6. The van der Waals surface area contributed by atoms with Crippen LogP contribution in [0.2, 0.25) is 0 Å². The Hall–Kier alpha value is -1.33. The van der Waals surface area contributed by atoms with Gasteiger partial charge in [0.25, 0.3) is 0 Å². The standard InChI is InChI=1S/C16H23NO4/c1-2-19-16(18)12-7-9-20-15(12)11-17-8-10-21-14-6-4-3-5-13(14)17/h7,9,13-14H,2-6,8,10-11H2,1H3. The van der Waals surface area contributed by atoms with Gasteiger partial charge >= 0.3 is 5.97 Å². The first-order chi connectivity index (χ1) is 10.3. The molecule has 116 valence electrons. The summed E-state index contributed by atoms with van der Waals surface area (Å²) in [5.41, 5.74) is 0.552. The van der Waals surface area contributed by atoms with E-state index in [4.69, 9.17) is 13.9 Å². The lowest BCUT2D eigenvalue weighted by Crippen LogP contribution is -2.52. The predicted molar refractivity (Wildman–Crippen MR) is 77.1 cm³/mol. The van der Waals surface area contributed by atoms with E-state index < -0.39 is 0 Å². The van der Waals surface area contributed by atoms with Gasteiger partial charge in [-0.15, -0.1) is 0 Å². The van der Waals surface area contributed by atoms with E-state index in [0.717, 1.165) is 19.6 Å². The summed E-state index contributed by atoms with van der Waals surface area (Å²) in [7, 11) is 0. The minimum absolute atomic E-state index is 0.297. The topological polar surface area (TPSA) is 51.9 Å². The summed E-state index contributed by atoms with van der Waals surface area (Å²) >= 11 is 0. The smallest absolute Gasteiger partial charge is 0.341 e. The minimum Gasteiger partial charge on any atom is -0.467 e. The van der Waals surface area contributed by atoms with Crippen LogP contribution in [0.15, 0.2) is 16.7 Å². The molecular weight excluding hydrogens is 270 g/mol. The monoisotopic (exact) mass is 293 g/mol. The average Bonchev–Trinajstić information content (AvgIpc) is 2.96. The van der Waals surface area contributed by atoms with Gasteiger partial charge in [-0.2, -0.15) is 0 Å². The maximum Gasteiger partial charge on any atom is 0.341 e. The van der Waals surface area contributed by atoms with Crippen molar-refractivity contribution >= 4 is 5.97 Å². The number of furan rings is 1. The Morgan fingerprint density at radius 3 is 3.14 bits per heavy atom. The first-order valence-corrected chi connectivity index (χ1v) is 7.88. The van der Waals surface area contributed by atoms with Crippen LogP contribution in [0.5, 0.6) is 0 Å². The highest BCUT2D eigenvalue weighted by atomic mass is 16.5. The van der Waals surface area contributed by atoms with Crippen LogP contribution in [0.25, 0.3) is 0 Å². The molecule has 0 N–H and O–H groups in total. The lowest BCUT2D eigenvalue weighted by molar-refractivity contribution is -0.0927. The highest BCUT2D eigenvalue weighted by Crippen LogP contribution is 2.30. The number of hydrogen-bond acceptors (Lipinski definition) is 5. The Morgan fingerprint density at radius 2 is 2.29 bits per heavy atom. The predicted octanol–water partition coefficient (Wildman–Crippen LogP) is 2.60. The van der Waals surface area contributed by atoms with Crippen LogP contribution in [-0.4, -0.2) is 42.8 Å². The molecule has 0 amide bonds. The maximum absolute atomic E-state index is 11.9. The molecule has 5 nitrogen and oxygen atoms in total. The fraction of sp³-hybridized carbons (Fsp3) is 0.688. The Labute approximate surface area is 125 Å². The number of hydrogen-bond donors (Lipinski definition) is 0. The van der Waals surface area contributed by atoms with Gasteiger partial charge in [-0.1, -0.05) is 12.8 Å². The second kappa shape index (κ2) is 6.62. The first-order valence-electron chi connectivity index (χ1n) is 7.88. The maximum atomic E-state index is 11.9. The zero-order valence-electron chi connectivity index (χ0n) is 12.5. The van der Waals surface area contributed by atoms with Gasteiger partial charge < -0.3 is 13.9 Å². The van der Waals surface area contributed by atoms with Crippen molar-refractivity contribution in [3.63, 3.8) is 0 Å². The molecule has 1 aliphatic carbocycles. The molecule has 2 aliphatic rings. The van der Waals surface area contributed by atoms with Gasteiger partial charge in [-0.3, -0.25) is 4.90 Å². The second-order valence-corrected chi connectivity index (χ2v) is 5.71. The highest BCUT2D eigenvalue weighted by molar-refractivity contribution is 5.90. The molecule has 1 aliphatic heterocycles. The fourth-order valence-corrected chi connectivity index (χ4v) is 3.41. The lowest BCUT2D eigenvalue weighted by atomic mass is 9.90. The van der Waals surface area contributed by atoms with Crippen molar-refractivity contribution in [1.29, 1.82) is 0 Å². The van der Waals surface area contributed by atoms with Crippen molar-refractivity contribution in [1.82, 2.24) is 4.90 Å². The molecule has 1 aromatic heterocycles. The summed E-state index contributed by atoms with van der Waals surface area (Å²) in [6, 6.07) is 2.15. The van der Waals surface area contributed by atoms with Crippen LogP contribution in [0, 0.1) is 0 Å². The zero-order chi connectivity index (χ0) is 14.7. The van der Waals surface area contributed by atoms with Crippen LogP contribution in [-0.2, 0) is 16.0 Å². The van der Waals surface area contributed by atoms with E-state index in [-0.39, 0.29) is 5.97 Å². The molecule has 0 spiro atoms. The number of morpholine rings is 1. The fourth-order valence-electron chi connectivity index (χ4n) is 3.41. The Balaban J connectivity index is 1.71. The Bertz CT molecular complexity index is 482. The van der Waals surface area contributed by atoms with E-state index in [2.05, 4.69) is 4.90 Å². The number of carbonyl (C=O) groups is 1. The average molecular weight is 293 g/mol. The van der Waals surface area contributed by atoms with E-state index in [1.165, 1.54) is 19.3 Å². The van der Waals surface area contributed by atoms with E-state index in [1.54, 1.807) is 12.3 Å². The summed E-state index contributed by atoms with van der Waals surface area (Å²) in [6.07, 6.45) is 6.73. The summed E-state index contributed by atoms with van der Waals surface area (Å²) in [6.45, 7) is 4.50. The second-order valence-electron chi connectivity index (χ2n) is 5.71. The van der Waals surface area contributed by atoms with Crippen LogP contribution < -0.4 is 0 Å². The number of rotatable bonds is 4. The van der Waals surface area contributed by atoms with Crippen molar-refractivity contribution in [3.8, 4) is 0 Å². The van der Waals surface area contributed by atoms with Crippen molar-refractivity contribution in [2.75, 3.05) is 19.8 Å². The van der Waals surface area contributed by atoms with E-state index >= 15 is 0 Å². The third-order valence-corrected chi connectivity index (χ3v) is 4.43. The molecule has 2 heterocycles. The molecule has 2 fully saturated rings. The number of nitrogens with zero attached hydrogens (tertiary/aromatic N) is 1. The SMILES string of the molecule is CCOC(=O)c1ccoc1CN1CCOC2CCCCC21. The summed E-state index contributed by atoms with van der Waals surface area (Å²) < 4.78 is 16.5. The van der Waals surface area contributed by atoms with Gasteiger partial charge in [0.05, 0.1) is 32.1 Å². The molecule has 21 heavy (non-hydrogen) atoms. The van der Waals surface area contributed by atoms with Gasteiger partial charge in [0, 0.05) is 12.6 Å². The summed E-state index contributed by atoms with van der Waals surface area (Å²) in [5, 5.41) is 0. The Morgan fingerprint density at radius 1 is 1.43 bits per heavy atom. The normalized spacial score (nSPS) is 26.3. The number of carbonyl (C=O) groups excluding carboxylic acids is 1. The van der Waals surface area contributed by atoms with E-state index in [0.29, 0.717) is 36.6 Å². The molecule has 1 saturated heterocycles. The third-order valence-electron chi connectivity index (χ3n) is 4.43. The molecule has 5 heteroatoms. The summed E-state index contributed by atoms with van der Waals surface area (Å²) in [4.78, 5) is 14.3. The lowest BCUT2D eigenvalue weighted by Gasteiger charge is -2.43. The van der Waals surface area contributed by atoms with Crippen molar-refractivity contribution in [2.45, 2.75) is 51.3 Å². The minimum atomic E-state index is -0.297. The Kier molecular flexibility index (Phi) is 4.60. The van der Waals surface area contributed by atoms with Gasteiger partial charge in [0.1, 0.15) is 11.3 Å². The molecule has 1 saturated carbocycles. The molecule has 2 unspecified atom stereocenters. The van der Waals surface area contributed by atoms with Gasteiger partial charge in [-0.25, -0.2) is 4.79 Å². The highest BCUT2D eigenvalue weighted by Gasteiger charge is 2.35. The van der Waals surface area contributed by atoms with Crippen molar-refractivity contribution < 1.29 is 18.7 Å². The van der Waals surface area contributed by atoms with Crippen LogP contribution >= 0.6 is 0 Å². The van der Waals surface area contributed by atoms with E-state index in [1.807, 2.05) is 6.92 Å². The number of esters is 1. The quantitative estimate of drug-likeness (QED) is 0.799. The number of fused-ring (bicyclic) bond motifs is 1. The van der Waals surface area contributed by atoms with E-state index in [9.17, 15) is 4.79 Å². The van der Waals surface area contributed by atoms with Crippen LogP contribution in [0.3, 0.4) is 0 Å². The molecule has 3 rings (SSSR count). The third kappa shape index (κ3) is 3.14. The largest absolute Gasteiger partial charge is 0.467 e. The molecule has 1 aromatic rings. The van der Waals surface area contributed by atoms with Gasteiger partial charge in [-0.05, 0) is 25.8 Å². The van der Waals surface area contributed by atoms with Crippen LogP contribution in [0.4, 0.5) is 0 Å². The summed E-state index contributed by atoms with van der Waals surface area (Å²) in [5.74, 6) is 0.411. The molecular formula is C16H23NO4. The molecule has 0 radical (unpaired) electrons.